The summed E-state index contributed by atoms with van der Waals surface area (Å²) in [6.07, 6.45) is 0.636. The van der Waals surface area contributed by atoms with Gasteiger partial charge in [-0.25, -0.2) is 8.42 Å². The summed E-state index contributed by atoms with van der Waals surface area (Å²) < 4.78 is 25.9. The summed E-state index contributed by atoms with van der Waals surface area (Å²) in [6, 6.07) is 0. The van der Waals surface area contributed by atoms with Gasteiger partial charge in [-0.2, -0.15) is 0 Å². The minimum Gasteiger partial charge on any atom is -0.323 e. The standard InChI is InChI=1S/C4H12O3SSi/c1-3-4-8(5,6)7-9-2/h3-4,9H2,1-2H3. The Morgan fingerprint density at radius 2 is 2.11 bits per heavy atom. The molecule has 0 spiro atoms. The van der Waals surface area contributed by atoms with Gasteiger partial charge in [-0.1, -0.05) is 6.92 Å². The molecule has 0 aliphatic rings. The van der Waals surface area contributed by atoms with Crippen LogP contribution in [0.3, 0.4) is 0 Å². The molecule has 0 aromatic heterocycles. The summed E-state index contributed by atoms with van der Waals surface area (Å²) in [5, 5.41) is 0. The first-order chi connectivity index (χ1) is 4.12. The van der Waals surface area contributed by atoms with Crippen LogP contribution in [-0.2, 0) is 14.0 Å². The van der Waals surface area contributed by atoms with E-state index >= 15 is 0 Å². The van der Waals surface area contributed by atoms with Crippen molar-refractivity contribution in [1.29, 1.82) is 0 Å². The van der Waals surface area contributed by atoms with Gasteiger partial charge in [0, 0.05) is 0 Å². The minimum absolute atomic E-state index is 0.161. The van der Waals surface area contributed by atoms with E-state index in [1.165, 1.54) is 0 Å². The predicted molar refractivity (Wildman–Crippen MR) is 39.6 cm³/mol. The molecule has 0 saturated heterocycles. The average molecular weight is 168 g/mol. The second kappa shape index (κ2) is 4.03. The fraction of sp³-hybridized carbons (Fsp3) is 1.00. The highest BCUT2D eigenvalue weighted by molar-refractivity contribution is 7.87. The molecule has 0 aliphatic carbocycles. The van der Waals surface area contributed by atoms with E-state index in [2.05, 4.69) is 3.87 Å². The van der Waals surface area contributed by atoms with Crippen molar-refractivity contribution < 1.29 is 12.3 Å². The quantitative estimate of drug-likeness (QED) is 0.549. The van der Waals surface area contributed by atoms with E-state index in [-0.39, 0.29) is 5.75 Å². The van der Waals surface area contributed by atoms with Crippen LogP contribution in [0.25, 0.3) is 0 Å². The molecule has 0 amide bonds. The van der Waals surface area contributed by atoms with Crippen LogP contribution in [0.2, 0.25) is 6.55 Å². The molecule has 9 heavy (non-hydrogen) atoms. The van der Waals surface area contributed by atoms with E-state index in [1.54, 1.807) is 6.55 Å². The van der Waals surface area contributed by atoms with Crippen LogP contribution < -0.4 is 0 Å². The average Bonchev–Trinajstić information content (AvgIpc) is 1.64. The van der Waals surface area contributed by atoms with Gasteiger partial charge in [-0.15, -0.1) is 0 Å². The molecule has 0 atom stereocenters. The maximum Gasteiger partial charge on any atom is 0.257 e. The summed E-state index contributed by atoms with van der Waals surface area (Å²) in [7, 11) is -3.92. The molecule has 0 N–H and O–H groups in total. The number of hydrogen-bond donors (Lipinski definition) is 0. The van der Waals surface area contributed by atoms with Crippen molar-refractivity contribution in [3.63, 3.8) is 0 Å². The van der Waals surface area contributed by atoms with E-state index in [9.17, 15) is 8.42 Å². The van der Waals surface area contributed by atoms with Gasteiger partial charge in [0.2, 0.25) is 0 Å². The Morgan fingerprint density at radius 1 is 1.56 bits per heavy atom. The molecule has 0 bridgehead atoms. The third-order valence-electron chi connectivity index (χ3n) is 0.752. The molecule has 0 fully saturated rings. The second-order valence-electron chi connectivity index (χ2n) is 1.67. The van der Waals surface area contributed by atoms with Gasteiger partial charge in [0.15, 0.2) is 9.76 Å². The Hall–Kier alpha value is 0.127. The summed E-state index contributed by atoms with van der Waals surface area (Å²) in [4.78, 5) is 0. The van der Waals surface area contributed by atoms with Gasteiger partial charge >= 0.3 is 0 Å². The maximum atomic E-state index is 10.6. The molecule has 0 rings (SSSR count). The molecule has 0 aliphatic heterocycles. The monoisotopic (exact) mass is 168 g/mol. The van der Waals surface area contributed by atoms with E-state index < -0.39 is 19.9 Å². The van der Waals surface area contributed by atoms with E-state index in [0.717, 1.165) is 0 Å². The minimum atomic E-state index is -3.12. The van der Waals surface area contributed by atoms with Crippen molar-refractivity contribution in [1.82, 2.24) is 0 Å². The summed E-state index contributed by atoms with van der Waals surface area (Å²) in [5.41, 5.74) is 0. The Bertz CT molecular complexity index is 139. The van der Waals surface area contributed by atoms with E-state index in [0.29, 0.717) is 6.42 Å². The zero-order valence-corrected chi connectivity index (χ0v) is 7.99. The zero-order valence-electron chi connectivity index (χ0n) is 5.75. The molecule has 56 valence electrons. The third kappa shape index (κ3) is 4.62. The van der Waals surface area contributed by atoms with Gasteiger partial charge < -0.3 is 3.87 Å². The highest BCUT2D eigenvalue weighted by Gasteiger charge is 2.05. The molecule has 3 nitrogen and oxygen atoms in total. The maximum absolute atomic E-state index is 10.6. The zero-order chi connectivity index (χ0) is 7.33. The second-order valence-corrected chi connectivity index (χ2v) is 4.71. The molecule has 0 radical (unpaired) electrons. The lowest BCUT2D eigenvalue weighted by atomic mass is 10.6. The van der Waals surface area contributed by atoms with Crippen molar-refractivity contribution in [3.05, 3.63) is 0 Å². The molecule has 0 aromatic rings. The first kappa shape index (κ1) is 9.13. The fourth-order valence-electron chi connectivity index (χ4n) is 0.488. The van der Waals surface area contributed by atoms with Gasteiger partial charge in [0.05, 0.1) is 5.75 Å². The SMILES string of the molecule is CCCS(=O)(=O)O[SiH2]C. The van der Waals surface area contributed by atoms with Crippen LogP contribution in [0, 0.1) is 0 Å². The van der Waals surface area contributed by atoms with Gasteiger partial charge in [-0.3, -0.25) is 0 Å². The van der Waals surface area contributed by atoms with Gasteiger partial charge in [0.1, 0.15) is 0 Å². The third-order valence-corrected chi connectivity index (χ3v) is 4.04. The lowest BCUT2D eigenvalue weighted by Crippen LogP contribution is -2.10. The van der Waals surface area contributed by atoms with Crippen molar-refractivity contribution in [2.75, 3.05) is 5.75 Å². The predicted octanol–water partition coefficient (Wildman–Crippen LogP) is -0.125. The van der Waals surface area contributed by atoms with Crippen LogP contribution in [0.15, 0.2) is 0 Å². The number of hydrogen-bond acceptors (Lipinski definition) is 3. The molecular weight excluding hydrogens is 156 g/mol. The van der Waals surface area contributed by atoms with Crippen molar-refractivity contribution in [3.8, 4) is 0 Å². The Morgan fingerprint density at radius 3 is 2.44 bits per heavy atom. The topological polar surface area (TPSA) is 43.4 Å². The van der Waals surface area contributed by atoms with Crippen molar-refractivity contribution in [2.24, 2.45) is 0 Å². The fourth-order valence-corrected chi connectivity index (χ4v) is 2.90. The first-order valence-electron chi connectivity index (χ1n) is 2.99. The highest BCUT2D eigenvalue weighted by atomic mass is 32.2. The summed E-state index contributed by atoms with van der Waals surface area (Å²) in [6.45, 7) is 3.62. The van der Waals surface area contributed by atoms with Crippen LogP contribution >= 0.6 is 0 Å². The lowest BCUT2D eigenvalue weighted by molar-refractivity contribution is 0.501. The summed E-state index contributed by atoms with van der Waals surface area (Å²) >= 11 is 0. The Balaban J connectivity index is 3.73. The Kier molecular flexibility index (Phi) is 4.08. The van der Waals surface area contributed by atoms with E-state index in [4.69, 9.17) is 0 Å². The molecule has 0 heterocycles. The molecule has 5 heteroatoms. The molecule has 0 unspecified atom stereocenters. The van der Waals surface area contributed by atoms with Crippen LogP contribution in [0.1, 0.15) is 13.3 Å². The van der Waals surface area contributed by atoms with E-state index in [1.807, 2.05) is 6.92 Å². The summed E-state index contributed by atoms with van der Waals surface area (Å²) in [5.74, 6) is 0.161. The molecule has 0 aromatic carbocycles. The first-order valence-corrected chi connectivity index (χ1v) is 6.56. The smallest absolute Gasteiger partial charge is 0.257 e. The van der Waals surface area contributed by atoms with Crippen LogP contribution in [0.5, 0.6) is 0 Å². The normalized spacial score (nSPS) is 13.1. The lowest BCUT2D eigenvalue weighted by Gasteiger charge is -1.98. The van der Waals surface area contributed by atoms with Crippen molar-refractivity contribution in [2.45, 2.75) is 19.9 Å². The molecular formula is C4H12O3SSi. The van der Waals surface area contributed by atoms with Gasteiger partial charge in [0.25, 0.3) is 10.1 Å². The number of rotatable bonds is 4. The largest absolute Gasteiger partial charge is 0.323 e. The van der Waals surface area contributed by atoms with Crippen molar-refractivity contribution >= 4 is 19.9 Å². The van der Waals surface area contributed by atoms with Crippen LogP contribution in [-0.4, -0.2) is 23.9 Å². The Labute approximate surface area is 58.5 Å². The van der Waals surface area contributed by atoms with Gasteiger partial charge in [-0.05, 0) is 13.0 Å². The van der Waals surface area contributed by atoms with Crippen LogP contribution in [0.4, 0.5) is 0 Å². The molecule has 0 saturated carbocycles. The highest BCUT2D eigenvalue weighted by Crippen LogP contribution is 1.93.